The van der Waals surface area contributed by atoms with Gasteiger partial charge in [-0.3, -0.25) is 5.32 Å². The number of hydrogen-bond donors (Lipinski definition) is 2. The molecule has 1 aliphatic rings. The molecule has 2 aromatic carbocycles. The molecule has 96 valence electrons. The van der Waals surface area contributed by atoms with Crippen molar-refractivity contribution in [1.29, 1.82) is 0 Å². The molecule has 0 saturated carbocycles. The third-order valence-electron chi connectivity index (χ3n) is 3.24. The number of benzene rings is 2. The smallest absolute Gasteiger partial charge is 0.411 e. The summed E-state index contributed by atoms with van der Waals surface area (Å²) in [7, 11) is 0. The third-order valence-corrected chi connectivity index (χ3v) is 3.24. The van der Waals surface area contributed by atoms with Gasteiger partial charge in [0.25, 0.3) is 0 Å². The number of nitrogen functional groups attached to an aromatic ring is 1. The molecule has 0 spiro atoms. The van der Waals surface area contributed by atoms with E-state index in [1.165, 1.54) is 0 Å². The second-order valence-electron chi connectivity index (χ2n) is 4.66. The number of amides is 1. The number of aryl methyl sites for hydroxylation is 1. The Morgan fingerprint density at radius 3 is 2.84 bits per heavy atom. The van der Waals surface area contributed by atoms with Crippen LogP contribution >= 0.6 is 0 Å². The van der Waals surface area contributed by atoms with Crippen LogP contribution in [0.2, 0.25) is 0 Å². The van der Waals surface area contributed by atoms with E-state index in [0.29, 0.717) is 12.3 Å². The highest BCUT2D eigenvalue weighted by Gasteiger charge is 2.16. The molecule has 2 aromatic rings. The summed E-state index contributed by atoms with van der Waals surface area (Å²) in [4.78, 5) is 11.5. The van der Waals surface area contributed by atoms with E-state index < -0.39 is 6.09 Å². The van der Waals surface area contributed by atoms with Crippen molar-refractivity contribution < 1.29 is 9.53 Å². The van der Waals surface area contributed by atoms with Gasteiger partial charge in [-0.1, -0.05) is 18.2 Å². The highest BCUT2D eigenvalue weighted by Crippen LogP contribution is 2.34. The average Bonchev–Trinajstić information content (AvgIpc) is 2.53. The van der Waals surface area contributed by atoms with E-state index in [0.717, 1.165) is 27.9 Å². The summed E-state index contributed by atoms with van der Waals surface area (Å²) >= 11 is 0. The van der Waals surface area contributed by atoms with Crippen molar-refractivity contribution in [3.8, 4) is 11.1 Å². The Balaban J connectivity index is 2.17. The molecule has 2 bridgehead atoms. The number of cyclic esters (lactones) is 1. The third kappa shape index (κ3) is 2.12. The number of hydrogen-bond acceptors (Lipinski definition) is 3. The second kappa shape index (κ2) is 4.31. The highest BCUT2D eigenvalue weighted by atomic mass is 16.5. The minimum absolute atomic E-state index is 0.301. The van der Waals surface area contributed by atoms with Crippen LogP contribution in [0, 0.1) is 6.92 Å². The minimum Gasteiger partial charge on any atom is -0.444 e. The van der Waals surface area contributed by atoms with Gasteiger partial charge in [-0.05, 0) is 41.8 Å². The van der Waals surface area contributed by atoms with Crippen molar-refractivity contribution in [2.24, 2.45) is 0 Å². The number of fused-ring (bicyclic) bond motifs is 2. The first kappa shape index (κ1) is 11.6. The number of anilines is 2. The molecular weight excluding hydrogens is 240 g/mol. The number of rotatable bonds is 1. The van der Waals surface area contributed by atoms with Gasteiger partial charge in [-0.15, -0.1) is 0 Å². The molecule has 0 atom stereocenters. The zero-order chi connectivity index (χ0) is 13.4. The second-order valence-corrected chi connectivity index (χ2v) is 4.66. The quantitative estimate of drug-likeness (QED) is 0.767. The standard InChI is InChI=1S/C15H14N2O2/c1-9-2-4-11(16)7-13(9)12-5-3-10-6-14(12)17-15(18)19-8-10/h2-7H,8,16H2,1H3,(H,17,18). The van der Waals surface area contributed by atoms with E-state index in [-0.39, 0.29) is 0 Å². The van der Waals surface area contributed by atoms with Gasteiger partial charge in [0.15, 0.2) is 0 Å². The minimum atomic E-state index is -0.427. The summed E-state index contributed by atoms with van der Waals surface area (Å²) in [5.74, 6) is 0. The SMILES string of the molecule is Cc1ccc(N)cc1-c1ccc2cc1NC(=O)OC2. The lowest BCUT2D eigenvalue weighted by Crippen LogP contribution is -2.10. The molecular formula is C15H14N2O2. The van der Waals surface area contributed by atoms with Gasteiger partial charge in [0, 0.05) is 11.3 Å². The number of ether oxygens (including phenoxy) is 1. The van der Waals surface area contributed by atoms with Gasteiger partial charge < -0.3 is 10.5 Å². The van der Waals surface area contributed by atoms with Crippen molar-refractivity contribution in [1.82, 2.24) is 0 Å². The van der Waals surface area contributed by atoms with Gasteiger partial charge >= 0.3 is 6.09 Å². The molecule has 0 aromatic heterocycles. The molecule has 19 heavy (non-hydrogen) atoms. The van der Waals surface area contributed by atoms with Crippen molar-refractivity contribution in [3.63, 3.8) is 0 Å². The first-order valence-corrected chi connectivity index (χ1v) is 6.07. The molecule has 0 radical (unpaired) electrons. The molecule has 0 aliphatic carbocycles. The highest BCUT2D eigenvalue weighted by molar-refractivity contribution is 5.93. The Kier molecular flexibility index (Phi) is 2.63. The number of nitrogens with two attached hydrogens (primary N) is 1. The number of nitrogens with one attached hydrogen (secondary N) is 1. The molecule has 3 N–H and O–H groups in total. The van der Waals surface area contributed by atoms with Gasteiger partial charge in [0.05, 0.1) is 5.69 Å². The van der Waals surface area contributed by atoms with Gasteiger partial charge in [-0.2, -0.15) is 0 Å². The van der Waals surface area contributed by atoms with Crippen molar-refractivity contribution in [2.75, 3.05) is 11.1 Å². The van der Waals surface area contributed by atoms with E-state index in [2.05, 4.69) is 5.32 Å². The van der Waals surface area contributed by atoms with Crippen LogP contribution in [0.15, 0.2) is 36.4 Å². The largest absolute Gasteiger partial charge is 0.444 e. The fourth-order valence-corrected chi connectivity index (χ4v) is 2.24. The summed E-state index contributed by atoms with van der Waals surface area (Å²) < 4.78 is 5.03. The van der Waals surface area contributed by atoms with Crippen LogP contribution in [0.5, 0.6) is 0 Å². The molecule has 1 amide bonds. The van der Waals surface area contributed by atoms with Crippen LogP contribution in [-0.2, 0) is 11.3 Å². The zero-order valence-electron chi connectivity index (χ0n) is 10.6. The maximum Gasteiger partial charge on any atom is 0.411 e. The first-order chi connectivity index (χ1) is 9.13. The van der Waals surface area contributed by atoms with E-state index in [9.17, 15) is 4.79 Å². The summed E-state index contributed by atoms with van der Waals surface area (Å²) in [6, 6.07) is 11.6. The molecule has 4 heteroatoms. The topological polar surface area (TPSA) is 64.3 Å². The van der Waals surface area contributed by atoms with E-state index in [1.807, 2.05) is 43.3 Å². The molecule has 1 heterocycles. The molecule has 0 unspecified atom stereocenters. The molecule has 4 nitrogen and oxygen atoms in total. The predicted octanol–water partition coefficient (Wildman–Crippen LogP) is 3.31. The van der Waals surface area contributed by atoms with Crippen LogP contribution < -0.4 is 11.1 Å². The summed E-state index contributed by atoms with van der Waals surface area (Å²) in [6.45, 7) is 2.32. The molecule has 3 rings (SSSR count). The Hall–Kier alpha value is -2.49. The van der Waals surface area contributed by atoms with Crippen molar-refractivity contribution in [3.05, 3.63) is 47.5 Å². The Bertz CT molecular complexity index is 665. The lowest BCUT2D eigenvalue weighted by Gasteiger charge is -2.12. The van der Waals surface area contributed by atoms with Crippen LogP contribution in [0.3, 0.4) is 0 Å². The normalized spacial score (nSPS) is 13.4. The van der Waals surface area contributed by atoms with Crippen LogP contribution in [0.25, 0.3) is 11.1 Å². The Morgan fingerprint density at radius 2 is 2.00 bits per heavy atom. The number of carbonyl (C=O) groups excluding carboxylic acids is 1. The fraction of sp³-hybridized carbons (Fsp3) is 0.133. The average molecular weight is 254 g/mol. The van der Waals surface area contributed by atoms with Crippen LogP contribution in [0.1, 0.15) is 11.1 Å². The van der Waals surface area contributed by atoms with E-state index in [4.69, 9.17) is 10.5 Å². The first-order valence-electron chi connectivity index (χ1n) is 6.07. The molecule has 0 fully saturated rings. The van der Waals surface area contributed by atoms with Gasteiger partial charge in [0.2, 0.25) is 0 Å². The zero-order valence-corrected chi connectivity index (χ0v) is 10.6. The Morgan fingerprint density at radius 1 is 1.16 bits per heavy atom. The fourth-order valence-electron chi connectivity index (χ4n) is 2.24. The monoisotopic (exact) mass is 254 g/mol. The van der Waals surface area contributed by atoms with Crippen molar-refractivity contribution >= 4 is 17.5 Å². The van der Waals surface area contributed by atoms with Gasteiger partial charge in [0.1, 0.15) is 6.61 Å². The summed E-state index contributed by atoms with van der Waals surface area (Å²) in [5.41, 5.74) is 11.4. The molecule has 1 aliphatic heterocycles. The predicted molar refractivity (Wildman–Crippen MR) is 74.8 cm³/mol. The lowest BCUT2D eigenvalue weighted by atomic mass is 9.97. The van der Waals surface area contributed by atoms with E-state index in [1.54, 1.807) is 0 Å². The summed E-state index contributed by atoms with van der Waals surface area (Å²) in [5, 5.41) is 2.76. The molecule has 0 saturated heterocycles. The van der Waals surface area contributed by atoms with Crippen LogP contribution in [-0.4, -0.2) is 6.09 Å². The van der Waals surface area contributed by atoms with Crippen molar-refractivity contribution in [2.45, 2.75) is 13.5 Å². The maximum atomic E-state index is 11.5. The summed E-state index contributed by atoms with van der Waals surface area (Å²) in [6.07, 6.45) is -0.427. The Labute approximate surface area is 111 Å². The number of carbonyl (C=O) groups is 1. The van der Waals surface area contributed by atoms with Gasteiger partial charge in [-0.25, -0.2) is 4.79 Å². The van der Waals surface area contributed by atoms with Crippen LogP contribution in [0.4, 0.5) is 16.2 Å². The lowest BCUT2D eigenvalue weighted by molar-refractivity contribution is 0.156. The maximum absolute atomic E-state index is 11.5. The van der Waals surface area contributed by atoms with E-state index >= 15 is 0 Å².